The van der Waals surface area contributed by atoms with Crippen molar-refractivity contribution < 1.29 is 8.42 Å². The Morgan fingerprint density at radius 3 is 2.79 bits per heavy atom. The van der Waals surface area contributed by atoms with Gasteiger partial charge in [0.25, 0.3) is 0 Å². The minimum Gasteiger partial charge on any atom is -0.313 e. The largest absolute Gasteiger partial charge is 0.313 e. The number of hydrogen-bond acceptors (Lipinski definition) is 4. The Morgan fingerprint density at radius 2 is 2.08 bits per heavy atom. The van der Waals surface area contributed by atoms with E-state index in [-0.39, 0.29) is 21.0 Å². The second-order valence-electron chi connectivity index (χ2n) is 5.63. The van der Waals surface area contributed by atoms with Crippen LogP contribution in [0.4, 0.5) is 0 Å². The molecule has 0 saturated carbocycles. The number of nitrogens with one attached hydrogen (secondary N) is 1. The van der Waals surface area contributed by atoms with Crippen molar-refractivity contribution in [1.82, 2.24) is 14.6 Å². The van der Waals surface area contributed by atoms with Gasteiger partial charge in [-0.15, -0.1) is 0 Å². The predicted octanol–water partition coefficient (Wildman–Crippen LogP) is 3.03. The van der Waals surface area contributed by atoms with Crippen LogP contribution in [0, 0.1) is 6.92 Å². The Morgan fingerprint density at radius 1 is 1.29 bits per heavy atom. The number of aromatic nitrogens is 1. The van der Waals surface area contributed by atoms with Gasteiger partial charge < -0.3 is 5.32 Å². The van der Waals surface area contributed by atoms with Crippen LogP contribution < -0.4 is 5.32 Å². The van der Waals surface area contributed by atoms with Crippen LogP contribution >= 0.6 is 23.2 Å². The Kier molecular flexibility index (Phi) is 5.13. The SMILES string of the molecule is Cc1ccc(Cl)c(S(=O)(=O)N2CCNCC2c2cccnc2)c1Cl. The van der Waals surface area contributed by atoms with Gasteiger partial charge in [0.2, 0.25) is 10.0 Å². The zero-order chi connectivity index (χ0) is 17.3. The molecule has 1 saturated heterocycles. The molecule has 1 atom stereocenters. The van der Waals surface area contributed by atoms with Crippen molar-refractivity contribution in [3.63, 3.8) is 0 Å². The topological polar surface area (TPSA) is 62.3 Å². The first-order chi connectivity index (χ1) is 11.4. The van der Waals surface area contributed by atoms with Crippen molar-refractivity contribution in [2.45, 2.75) is 17.9 Å². The Balaban J connectivity index is 2.10. The van der Waals surface area contributed by atoms with Crippen molar-refractivity contribution in [2.24, 2.45) is 0 Å². The normalized spacial score (nSPS) is 19.4. The summed E-state index contributed by atoms with van der Waals surface area (Å²) in [5.41, 5.74) is 1.50. The van der Waals surface area contributed by atoms with Crippen LogP contribution in [0.15, 0.2) is 41.6 Å². The van der Waals surface area contributed by atoms with E-state index in [1.807, 2.05) is 6.07 Å². The van der Waals surface area contributed by atoms with Crippen LogP contribution in [-0.2, 0) is 10.0 Å². The van der Waals surface area contributed by atoms with Crippen molar-refractivity contribution >= 4 is 33.2 Å². The zero-order valence-electron chi connectivity index (χ0n) is 13.0. The predicted molar refractivity (Wildman–Crippen MR) is 94.9 cm³/mol. The summed E-state index contributed by atoms with van der Waals surface area (Å²) in [6.07, 6.45) is 3.34. The van der Waals surface area contributed by atoms with E-state index in [1.165, 1.54) is 4.31 Å². The second-order valence-corrected chi connectivity index (χ2v) is 8.24. The highest BCUT2D eigenvalue weighted by Gasteiger charge is 2.37. The second kappa shape index (κ2) is 6.98. The van der Waals surface area contributed by atoms with Gasteiger partial charge in [-0.1, -0.05) is 35.3 Å². The Labute approximate surface area is 151 Å². The third-order valence-corrected chi connectivity index (χ3v) is 7.09. The van der Waals surface area contributed by atoms with Crippen LogP contribution in [0.5, 0.6) is 0 Å². The van der Waals surface area contributed by atoms with Gasteiger partial charge in [0.05, 0.1) is 16.1 Å². The highest BCUT2D eigenvalue weighted by molar-refractivity contribution is 7.89. The van der Waals surface area contributed by atoms with E-state index in [2.05, 4.69) is 10.3 Å². The maximum Gasteiger partial charge on any atom is 0.246 e. The van der Waals surface area contributed by atoms with Gasteiger partial charge in [-0.05, 0) is 30.2 Å². The Hall–Kier alpha value is -1.18. The summed E-state index contributed by atoms with van der Waals surface area (Å²) in [4.78, 5) is 4.07. The van der Waals surface area contributed by atoms with E-state index in [0.717, 1.165) is 5.56 Å². The number of rotatable bonds is 3. The van der Waals surface area contributed by atoms with E-state index in [1.54, 1.807) is 37.5 Å². The minimum absolute atomic E-state index is 0.0263. The van der Waals surface area contributed by atoms with Crippen LogP contribution in [0.3, 0.4) is 0 Å². The van der Waals surface area contributed by atoms with E-state index < -0.39 is 10.0 Å². The molecule has 1 aliphatic heterocycles. The molecular formula is C16H17Cl2N3O2S. The molecule has 5 nitrogen and oxygen atoms in total. The standard InChI is InChI=1S/C16H17Cl2N3O2S/c1-11-4-5-13(17)16(15(11)18)24(22,23)21-8-7-20-10-14(21)12-3-2-6-19-9-12/h2-6,9,14,20H,7-8,10H2,1H3. The molecule has 3 rings (SSSR count). The van der Waals surface area contributed by atoms with Crippen LogP contribution in [0.2, 0.25) is 10.0 Å². The maximum atomic E-state index is 13.3. The molecule has 2 heterocycles. The summed E-state index contributed by atoms with van der Waals surface area (Å²) >= 11 is 12.5. The van der Waals surface area contributed by atoms with Gasteiger partial charge in [0.15, 0.2) is 0 Å². The summed E-state index contributed by atoms with van der Waals surface area (Å²) in [7, 11) is -3.84. The van der Waals surface area contributed by atoms with E-state index >= 15 is 0 Å². The lowest BCUT2D eigenvalue weighted by molar-refractivity contribution is 0.271. The van der Waals surface area contributed by atoms with Gasteiger partial charge in [-0.3, -0.25) is 4.98 Å². The summed E-state index contributed by atoms with van der Waals surface area (Å²) in [6, 6.07) is 6.58. The number of nitrogens with zero attached hydrogens (tertiary/aromatic N) is 2. The quantitative estimate of drug-likeness (QED) is 0.881. The fourth-order valence-corrected chi connectivity index (χ4v) is 5.57. The first-order valence-corrected chi connectivity index (χ1v) is 9.69. The van der Waals surface area contributed by atoms with E-state index in [0.29, 0.717) is 25.2 Å². The number of benzene rings is 1. The molecule has 0 amide bonds. The highest BCUT2D eigenvalue weighted by atomic mass is 35.5. The molecule has 0 spiro atoms. The maximum absolute atomic E-state index is 13.3. The number of hydrogen-bond donors (Lipinski definition) is 1. The molecule has 0 aliphatic carbocycles. The third-order valence-electron chi connectivity index (χ3n) is 4.07. The monoisotopic (exact) mass is 385 g/mol. The van der Waals surface area contributed by atoms with Crippen LogP contribution in [0.25, 0.3) is 0 Å². The zero-order valence-corrected chi connectivity index (χ0v) is 15.4. The van der Waals surface area contributed by atoms with E-state index in [4.69, 9.17) is 23.2 Å². The molecule has 0 bridgehead atoms. The molecule has 2 aromatic rings. The molecule has 0 radical (unpaired) electrons. The average Bonchev–Trinajstić information content (AvgIpc) is 2.59. The lowest BCUT2D eigenvalue weighted by Crippen LogP contribution is -2.48. The molecule has 1 N–H and O–H groups in total. The van der Waals surface area contributed by atoms with Crippen molar-refractivity contribution in [3.05, 3.63) is 57.8 Å². The van der Waals surface area contributed by atoms with Gasteiger partial charge in [0.1, 0.15) is 4.90 Å². The van der Waals surface area contributed by atoms with Crippen LogP contribution in [0.1, 0.15) is 17.2 Å². The molecule has 128 valence electrons. The summed E-state index contributed by atoms with van der Waals surface area (Å²) in [5.74, 6) is 0. The third kappa shape index (κ3) is 3.17. The van der Waals surface area contributed by atoms with Gasteiger partial charge >= 0.3 is 0 Å². The van der Waals surface area contributed by atoms with Crippen molar-refractivity contribution in [1.29, 1.82) is 0 Å². The molecule has 24 heavy (non-hydrogen) atoms. The first kappa shape index (κ1) is 17.6. The van der Waals surface area contributed by atoms with Crippen molar-refractivity contribution in [2.75, 3.05) is 19.6 Å². The number of sulfonamides is 1. The molecule has 1 fully saturated rings. The molecule has 1 aromatic heterocycles. The van der Waals surface area contributed by atoms with Crippen molar-refractivity contribution in [3.8, 4) is 0 Å². The number of halogens is 2. The molecule has 1 aliphatic rings. The number of pyridine rings is 1. The van der Waals surface area contributed by atoms with E-state index in [9.17, 15) is 8.42 Å². The van der Waals surface area contributed by atoms with Gasteiger partial charge in [0, 0.05) is 32.0 Å². The molecular weight excluding hydrogens is 369 g/mol. The Bertz CT molecular complexity index is 844. The summed E-state index contributed by atoms with van der Waals surface area (Å²) in [5, 5.41) is 3.53. The lowest BCUT2D eigenvalue weighted by atomic mass is 10.1. The summed E-state index contributed by atoms with van der Waals surface area (Å²) in [6.45, 7) is 3.17. The lowest BCUT2D eigenvalue weighted by Gasteiger charge is -2.35. The number of aryl methyl sites for hydroxylation is 1. The molecule has 1 aromatic carbocycles. The highest BCUT2D eigenvalue weighted by Crippen LogP contribution is 2.37. The van der Waals surface area contributed by atoms with Gasteiger partial charge in [-0.25, -0.2) is 8.42 Å². The fraction of sp³-hybridized carbons (Fsp3) is 0.312. The summed E-state index contributed by atoms with van der Waals surface area (Å²) < 4.78 is 28.0. The molecule has 8 heteroatoms. The fourth-order valence-electron chi connectivity index (χ4n) is 2.82. The molecule has 1 unspecified atom stereocenters. The smallest absolute Gasteiger partial charge is 0.246 e. The minimum atomic E-state index is -3.84. The average molecular weight is 386 g/mol. The van der Waals surface area contributed by atoms with Crippen LogP contribution in [-0.4, -0.2) is 37.3 Å². The van der Waals surface area contributed by atoms with Gasteiger partial charge in [-0.2, -0.15) is 4.31 Å². The first-order valence-electron chi connectivity index (χ1n) is 7.50. The number of piperazine rings is 1.